The van der Waals surface area contributed by atoms with E-state index < -0.39 is 5.54 Å². The van der Waals surface area contributed by atoms with E-state index in [1.165, 1.54) is 7.11 Å². The molecule has 104 valence electrons. The molecule has 0 spiro atoms. The Balaban J connectivity index is 1.42. The van der Waals surface area contributed by atoms with Gasteiger partial charge < -0.3 is 10.1 Å². The molecule has 0 aromatic carbocycles. The van der Waals surface area contributed by atoms with Crippen LogP contribution in [0.2, 0.25) is 0 Å². The molecule has 1 unspecified atom stereocenters. The molecular weight excluding hydrogens is 260 g/mol. The van der Waals surface area contributed by atoms with Crippen molar-refractivity contribution in [2.24, 2.45) is 46.3 Å². The second-order valence-electron chi connectivity index (χ2n) is 7.55. The van der Waals surface area contributed by atoms with Crippen LogP contribution in [0.1, 0.15) is 6.92 Å². The highest BCUT2D eigenvalue weighted by molar-refractivity contribution is 6.08. The van der Waals surface area contributed by atoms with E-state index in [1.807, 2.05) is 6.92 Å². The zero-order valence-corrected chi connectivity index (χ0v) is 11.1. The van der Waals surface area contributed by atoms with Crippen molar-refractivity contribution in [1.82, 2.24) is 10.6 Å². The van der Waals surface area contributed by atoms with E-state index in [0.29, 0.717) is 35.5 Å². The molecule has 7 aliphatic rings. The summed E-state index contributed by atoms with van der Waals surface area (Å²) in [5.74, 6) is 2.33. The molecule has 0 bridgehead atoms. The lowest BCUT2D eigenvalue weighted by Gasteiger charge is -3.11. The summed E-state index contributed by atoms with van der Waals surface area (Å²) in [6.07, 6.45) is 0. The Morgan fingerprint density at radius 3 is 2.05 bits per heavy atom. The monoisotopic (exact) mass is 274 g/mol. The largest absolute Gasteiger partial charge is 0.469 e. The lowest BCUT2D eigenvalue weighted by molar-refractivity contribution is -0.651. The van der Waals surface area contributed by atoms with Crippen LogP contribution in [-0.4, -0.2) is 30.6 Å². The smallest absolute Gasteiger partial charge is 0.322 e. The molecule has 0 aromatic rings. The summed E-state index contributed by atoms with van der Waals surface area (Å²) >= 11 is 0. The number of hydrogen-bond acceptors (Lipinski definition) is 4. The number of hydrogen-bond donors (Lipinski definition) is 2. The predicted octanol–water partition coefficient (Wildman–Crippen LogP) is -0.505. The van der Waals surface area contributed by atoms with Gasteiger partial charge in [-0.3, -0.25) is 14.9 Å². The van der Waals surface area contributed by atoms with Crippen molar-refractivity contribution in [3.63, 3.8) is 0 Å². The van der Waals surface area contributed by atoms with Gasteiger partial charge >= 0.3 is 12.0 Å². The molecular formula is C14H14N2O4. The second kappa shape index (κ2) is 2.18. The molecule has 2 N–H and O–H groups in total. The standard InChI is InChI=1S/C14H14N2O4/c1-12(9(17)15-11(19)16-12)14-6-3-7(14)5-8(14)4(6)13(3,5)10(18)20-2/h3-8H,1-2H3,(H2,15,16,17,19). The van der Waals surface area contributed by atoms with Gasteiger partial charge in [-0.2, -0.15) is 0 Å². The SMILES string of the molecule is COC(=O)C12C3C4C1C1C2C3C41C1(C)NC(=O)NC1=O. The van der Waals surface area contributed by atoms with Crippen LogP contribution in [0, 0.1) is 46.3 Å². The van der Waals surface area contributed by atoms with Crippen LogP contribution >= 0.6 is 0 Å². The average molecular weight is 274 g/mol. The number of amides is 3. The normalized spacial score (nSPS) is 68.3. The van der Waals surface area contributed by atoms with Crippen LogP contribution in [0.25, 0.3) is 0 Å². The van der Waals surface area contributed by atoms with Crippen LogP contribution < -0.4 is 10.6 Å². The maximum absolute atomic E-state index is 12.2. The Kier molecular flexibility index (Phi) is 1.11. The molecule has 1 aliphatic heterocycles. The van der Waals surface area contributed by atoms with E-state index in [0.717, 1.165) is 0 Å². The van der Waals surface area contributed by atoms with Crippen molar-refractivity contribution in [3.05, 3.63) is 0 Å². The summed E-state index contributed by atoms with van der Waals surface area (Å²) in [7, 11) is 1.46. The maximum Gasteiger partial charge on any atom is 0.322 e. The van der Waals surface area contributed by atoms with Gasteiger partial charge in [-0.15, -0.1) is 0 Å². The Bertz CT molecular complexity index is 617. The van der Waals surface area contributed by atoms with Gasteiger partial charge in [0.1, 0.15) is 5.54 Å². The number of methoxy groups -OCH3 is 1. The Morgan fingerprint density at radius 2 is 1.65 bits per heavy atom. The molecule has 3 amide bonds. The van der Waals surface area contributed by atoms with Gasteiger partial charge in [0.05, 0.1) is 12.5 Å². The van der Waals surface area contributed by atoms with E-state index >= 15 is 0 Å². The summed E-state index contributed by atoms with van der Waals surface area (Å²) in [5.41, 5.74) is -1.01. The zero-order chi connectivity index (χ0) is 13.8. The van der Waals surface area contributed by atoms with E-state index in [4.69, 9.17) is 4.74 Å². The molecule has 6 saturated carbocycles. The Hall–Kier alpha value is -1.59. The predicted molar refractivity (Wildman–Crippen MR) is 62.9 cm³/mol. The van der Waals surface area contributed by atoms with E-state index in [2.05, 4.69) is 10.6 Å². The van der Waals surface area contributed by atoms with E-state index in [-0.39, 0.29) is 28.7 Å². The summed E-state index contributed by atoms with van der Waals surface area (Å²) in [5, 5.41) is 5.24. The fraction of sp³-hybridized carbons (Fsp3) is 0.786. The van der Waals surface area contributed by atoms with Crippen molar-refractivity contribution in [3.8, 4) is 0 Å². The van der Waals surface area contributed by atoms with Crippen molar-refractivity contribution >= 4 is 17.9 Å². The fourth-order valence-corrected chi connectivity index (χ4v) is 7.96. The van der Waals surface area contributed by atoms with Crippen molar-refractivity contribution in [2.45, 2.75) is 12.5 Å². The minimum atomic E-state index is -0.768. The van der Waals surface area contributed by atoms with Gasteiger partial charge in [0.2, 0.25) is 0 Å². The van der Waals surface area contributed by atoms with Crippen LogP contribution in [0.4, 0.5) is 4.79 Å². The minimum Gasteiger partial charge on any atom is -0.469 e. The highest BCUT2D eigenvalue weighted by Gasteiger charge is 3.14. The molecule has 6 nitrogen and oxygen atoms in total. The molecule has 7 fully saturated rings. The number of carbonyl (C=O) groups excluding carboxylic acids is 3. The molecule has 0 radical (unpaired) electrons. The highest BCUT2D eigenvalue weighted by atomic mass is 16.5. The van der Waals surface area contributed by atoms with Crippen LogP contribution in [0.15, 0.2) is 0 Å². The minimum absolute atomic E-state index is 0.0420. The highest BCUT2D eigenvalue weighted by Crippen LogP contribution is 3.11. The third kappa shape index (κ3) is 0.477. The molecule has 6 aliphatic carbocycles. The number of rotatable bonds is 2. The summed E-state index contributed by atoms with van der Waals surface area (Å²) in [6, 6.07) is -0.381. The lowest BCUT2D eigenvalue weighted by atomic mass is 8.91. The van der Waals surface area contributed by atoms with Gasteiger partial charge in [-0.1, -0.05) is 0 Å². The summed E-state index contributed by atoms with van der Waals surface area (Å²) < 4.78 is 4.99. The van der Waals surface area contributed by atoms with Crippen LogP contribution in [-0.2, 0) is 14.3 Å². The Labute approximate surface area is 114 Å². The first kappa shape index (κ1) is 10.2. The Morgan fingerprint density at radius 1 is 1.10 bits per heavy atom. The van der Waals surface area contributed by atoms with E-state index in [1.54, 1.807) is 0 Å². The number of urea groups is 1. The van der Waals surface area contributed by atoms with Crippen molar-refractivity contribution in [1.29, 1.82) is 0 Å². The average Bonchev–Trinajstić information content (AvgIpc) is 2.71. The summed E-state index contributed by atoms with van der Waals surface area (Å²) in [4.78, 5) is 35.8. The van der Waals surface area contributed by atoms with Gasteiger partial charge in [0.15, 0.2) is 0 Å². The molecule has 7 rings (SSSR count). The number of esters is 1. The summed E-state index contributed by atoms with van der Waals surface area (Å²) in [6.45, 7) is 1.86. The van der Waals surface area contributed by atoms with Crippen molar-refractivity contribution in [2.75, 3.05) is 7.11 Å². The first-order valence-corrected chi connectivity index (χ1v) is 7.21. The molecule has 6 heteroatoms. The maximum atomic E-state index is 12.2. The van der Waals surface area contributed by atoms with Crippen LogP contribution in [0.3, 0.4) is 0 Å². The number of carbonyl (C=O) groups is 3. The van der Waals surface area contributed by atoms with Gasteiger partial charge in [-0.25, -0.2) is 4.79 Å². The third-order valence-electron chi connectivity index (χ3n) is 8.08. The quantitative estimate of drug-likeness (QED) is 0.525. The number of nitrogens with one attached hydrogen (secondary N) is 2. The molecule has 1 heterocycles. The van der Waals surface area contributed by atoms with Gasteiger partial charge in [-0.05, 0) is 42.4 Å². The van der Waals surface area contributed by atoms with Crippen LogP contribution in [0.5, 0.6) is 0 Å². The third-order valence-corrected chi connectivity index (χ3v) is 8.08. The zero-order valence-electron chi connectivity index (χ0n) is 11.1. The molecule has 20 heavy (non-hydrogen) atoms. The number of imide groups is 1. The van der Waals surface area contributed by atoms with Gasteiger partial charge in [0, 0.05) is 5.41 Å². The topological polar surface area (TPSA) is 84.5 Å². The number of ether oxygens (including phenoxy) is 1. The first-order chi connectivity index (χ1) is 9.49. The van der Waals surface area contributed by atoms with E-state index in [9.17, 15) is 14.4 Å². The molecule has 1 saturated heterocycles. The van der Waals surface area contributed by atoms with Gasteiger partial charge in [0.25, 0.3) is 5.91 Å². The molecule has 0 aromatic heterocycles. The molecule has 1 atom stereocenters. The second-order valence-corrected chi connectivity index (χ2v) is 7.55. The fourth-order valence-electron chi connectivity index (χ4n) is 7.96. The lowest BCUT2D eigenvalue weighted by Crippen LogP contribution is -3.14. The van der Waals surface area contributed by atoms with Crippen molar-refractivity contribution < 1.29 is 19.1 Å². The first-order valence-electron chi connectivity index (χ1n) is 7.21.